The van der Waals surface area contributed by atoms with E-state index in [1.807, 2.05) is 41.2 Å². The fourth-order valence-electron chi connectivity index (χ4n) is 1.52. The molecule has 92 valence electrons. The maximum Gasteiger partial charge on any atom is 0.332 e. The van der Waals surface area contributed by atoms with Gasteiger partial charge in [-0.25, -0.2) is 10.2 Å². The number of nitrogens with zero attached hydrogens (tertiary/aromatic N) is 3. The van der Waals surface area contributed by atoms with E-state index < -0.39 is 6.03 Å². The SMILES string of the molecule is NC(=O)NN=Cc1cccc(Cn2cccn2)c1. The molecule has 6 nitrogen and oxygen atoms in total. The number of nitrogens with one attached hydrogen (secondary N) is 1. The minimum atomic E-state index is -0.682. The van der Waals surface area contributed by atoms with Crippen LogP contribution in [-0.4, -0.2) is 22.0 Å². The number of rotatable bonds is 4. The number of carbonyl (C=O) groups excluding carboxylic acids is 1. The van der Waals surface area contributed by atoms with Crippen LogP contribution in [0.3, 0.4) is 0 Å². The van der Waals surface area contributed by atoms with Crippen LogP contribution in [0.15, 0.2) is 47.8 Å². The molecule has 0 aliphatic carbocycles. The third-order valence-electron chi connectivity index (χ3n) is 2.24. The fraction of sp³-hybridized carbons (Fsp3) is 0.0833. The molecule has 1 aromatic carbocycles. The van der Waals surface area contributed by atoms with Crippen molar-refractivity contribution in [3.8, 4) is 0 Å². The lowest BCUT2D eigenvalue weighted by atomic mass is 10.1. The summed E-state index contributed by atoms with van der Waals surface area (Å²) in [5.74, 6) is 0. The molecule has 0 unspecified atom stereocenters. The van der Waals surface area contributed by atoms with E-state index in [1.54, 1.807) is 6.20 Å². The monoisotopic (exact) mass is 243 g/mol. The fourth-order valence-corrected chi connectivity index (χ4v) is 1.52. The summed E-state index contributed by atoms with van der Waals surface area (Å²) in [6.07, 6.45) is 5.18. The Kier molecular flexibility index (Phi) is 3.70. The summed E-state index contributed by atoms with van der Waals surface area (Å²) in [5.41, 5.74) is 9.03. The normalized spacial score (nSPS) is 10.7. The van der Waals surface area contributed by atoms with Crippen LogP contribution in [0.4, 0.5) is 4.79 Å². The first-order chi connectivity index (χ1) is 8.74. The summed E-state index contributed by atoms with van der Waals surface area (Å²) in [6.45, 7) is 0.692. The molecular weight excluding hydrogens is 230 g/mol. The number of carbonyl (C=O) groups is 1. The second-order valence-electron chi connectivity index (χ2n) is 3.68. The van der Waals surface area contributed by atoms with Gasteiger partial charge in [-0.2, -0.15) is 10.2 Å². The molecule has 0 fully saturated rings. The number of benzene rings is 1. The lowest BCUT2D eigenvalue weighted by molar-refractivity contribution is 0.249. The summed E-state index contributed by atoms with van der Waals surface area (Å²) in [6, 6.07) is 8.97. The number of hydrogen-bond donors (Lipinski definition) is 2. The molecule has 2 aromatic rings. The molecule has 0 spiro atoms. The van der Waals surface area contributed by atoms with Crippen LogP contribution in [-0.2, 0) is 6.54 Å². The van der Waals surface area contributed by atoms with Gasteiger partial charge in [0.1, 0.15) is 0 Å². The second-order valence-corrected chi connectivity index (χ2v) is 3.68. The van der Waals surface area contributed by atoms with Gasteiger partial charge in [0.15, 0.2) is 0 Å². The molecule has 0 bridgehead atoms. The summed E-state index contributed by atoms with van der Waals surface area (Å²) >= 11 is 0. The number of amides is 2. The van der Waals surface area contributed by atoms with Crippen LogP contribution in [0.25, 0.3) is 0 Å². The molecular formula is C12H13N5O. The van der Waals surface area contributed by atoms with Gasteiger partial charge < -0.3 is 5.73 Å². The van der Waals surface area contributed by atoms with Gasteiger partial charge in [0.05, 0.1) is 12.8 Å². The third kappa shape index (κ3) is 3.44. The van der Waals surface area contributed by atoms with Gasteiger partial charge in [-0.3, -0.25) is 4.68 Å². The van der Waals surface area contributed by atoms with Crippen LogP contribution in [0.5, 0.6) is 0 Å². The molecule has 1 aromatic heterocycles. The Labute approximate surface area is 104 Å². The van der Waals surface area contributed by atoms with E-state index in [0.29, 0.717) is 6.54 Å². The van der Waals surface area contributed by atoms with Gasteiger partial charge in [0, 0.05) is 12.4 Å². The van der Waals surface area contributed by atoms with Gasteiger partial charge in [-0.1, -0.05) is 18.2 Å². The van der Waals surface area contributed by atoms with Gasteiger partial charge in [0.2, 0.25) is 0 Å². The van der Waals surface area contributed by atoms with Gasteiger partial charge in [-0.15, -0.1) is 0 Å². The van der Waals surface area contributed by atoms with Crippen LogP contribution in [0.2, 0.25) is 0 Å². The van der Waals surface area contributed by atoms with Gasteiger partial charge in [0.25, 0.3) is 0 Å². The van der Waals surface area contributed by atoms with Crippen molar-refractivity contribution in [3.05, 3.63) is 53.9 Å². The average Bonchev–Trinajstić information content (AvgIpc) is 2.82. The lowest BCUT2D eigenvalue weighted by Gasteiger charge is -2.02. The van der Waals surface area contributed by atoms with E-state index in [9.17, 15) is 4.79 Å². The summed E-state index contributed by atoms with van der Waals surface area (Å²) in [4.78, 5) is 10.5. The number of primary amides is 1. The highest BCUT2D eigenvalue weighted by atomic mass is 16.2. The Balaban J connectivity index is 2.05. The number of hydrazone groups is 1. The Bertz CT molecular complexity index is 547. The van der Waals surface area contributed by atoms with Crippen molar-refractivity contribution < 1.29 is 4.79 Å². The molecule has 1 heterocycles. The highest BCUT2D eigenvalue weighted by molar-refractivity contribution is 5.81. The van der Waals surface area contributed by atoms with Gasteiger partial charge >= 0.3 is 6.03 Å². The molecule has 0 saturated heterocycles. The maximum atomic E-state index is 10.5. The molecule has 18 heavy (non-hydrogen) atoms. The Morgan fingerprint density at radius 2 is 2.39 bits per heavy atom. The smallest absolute Gasteiger partial charge is 0.332 e. The zero-order chi connectivity index (χ0) is 12.8. The van der Waals surface area contributed by atoms with Crippen LogP contribution in [0.1, 0.15) is 11.1 Å². The van der Waals surface area contributed by atoms with E-state index >= 15 is 0 Å². The average molecular weight is 243 g/mol. The Morgan fingerprint density at radius 3 is 3.11 bits per heavy atom. The van der Waals surface area contributed by atoms with Crippen molar-refractivity contribution in [1.29, 1.82) is 0 Å². The van der Waals surface area contributed by atoms with Crippen LogP contribution >= 0.6 is 0 Å². The number of nitrogens with two attached hydrogens (primary N) is 1. The van der Waals surface area contributed by atoms with E-state index in [-0.39, 0.29) is 0 Å². The first kappa shape index (κ1) is 11.8. The Hall–Kier alpha value is -2.63. The van der Waals surface area contributed by atoms with Crippen LogP contribution < -0.4 is 11.2 Å². The predicted molar refractivity (Wildman–Crippen MR) is 68.1 cm³/mol. The molecule has 6 heteroatoms. The zero-order valence-corrected chi connectivity index (χ0v) is 9.65. The van der Waals surface area contributed by atoms with Crippen molar-refractivity contribution in [1.82, 2.24) is 15.2 Å². The molecule has 2 amide bonds. The van der Waals surface area contributed by atoms with E-state index in [1.165, 1.54) is 6.21 Å². The Morgan fingerprint density at radius 1 is 1.50 bits per heavy atom. The molecule has 3 N–H and O–H groups in total. The summed E-state index contributed by atoms with van der Waals surface area (Å²) < 4.78 is 1.83. The number of hydrogen-bond acceptors (Lipinski definition) is 3. The summed E-state index contributed by atoms with van der Waals surface area (Å²) in [5, 5.41) is 7.84. The van der Waals surface area contributed by atoms with Crippen molar-refractivity contribution in [2.45, 2.75) is 6.54 Å². The molecule has 0 radical (unpaired) electrons. The quantitative estimate of drug-likeness (QED) is 0.618. The molecule has 0 atom stereocenters. The minimum Gasteiger partial charge on any atom is -0.350 e. The standard InChI is InChI=1S/C12H13N5O/c13-12(18)16-14-8-10-3-1-4-11(7-10)9-17-6-2-5-15-17/h1-8H,9H2,(H3,13,16,18). The molecule has 2 rings (SSSR count). The summed E-state index contributed by atoms with van der Waals surface area (Å²) in [7, 11) is 0. The van der Waals surface area contributed by atoms with Crippen molar-refractivity contribution in [2.75, 3.05) is 0 Å². The first-order valence-corrected chi connectivity index (χ1v) is 5.39. The largest absolute Gasteiger partial charge is 0.350 e. The predicted octanol–water partition coefficient (Wildman–Crippen LogP) is 0.934. The third-order valence-corrected chi connectivity index (χ3v) is 2.24. The topological polar surface area (TPSA) is 85.3 Å². The van der Waals surface area contributed by atoms with E-state index in [0.717, 1.165) is 11.1 Å². The van der Waals surface area contributed by atoms with Gasteiger partial charge in [-0.05, 0) is 23.3 Å². The van der Waals surface area contributed by atoms with E-state index in [4.69, 9.17) is 5.73 Å². The van der Waals surface area contributed by atoms with Crippen molar-refractivity contribution >= 4 is 12.2 Å². The van der Waals surface area contributed by atoms with Crippen molar-refractivity contribution in [3.63, 3.8) is 0 Å². The number of urea groups is 1. The first-order valence-electron chi connectivity index (χ1n) is 5.39. The lowest BCUT2D eigenvalue weighted by Crippen LogP contribution is -2.24. The highest BCUT2D eigenvalue weighted by Gasteiger charge is 1.96. The van der Waals surface area contributed by atoms with Crippen LogP contribution in [0, 0.1) is 0 Å². The zero-order valence-electron chi connectivity index (χ0n) is 9.65. The minimum absolute atomic E-state index is 0.682. The highest BCUT2D eigenvalue weighted by Crippen LogP contribution is 2.05. The maximum absolute atomic E-state index is 10.5. The second kappa shape index (κ2) is 5.62. The molecule has 0 aliphatic rings. The molecule has 0 saturated carbocycles. The number of aromatic nitrogens is 2. The molecule has 0 aliphatic heterocycles. The van der Waals surface area contributed by atoms with E-state index in [2.05, 4.69) is 15.6 Å². The van der Waals surface area contributed by atoms with Crippen molar-refractivity contribution in [2.24, 2.45) is 10.8 Å².